The minimum atomic E-state index is 0.189. The molecule has 0 amide bonds. The molecular formula is C15H29N5. The maximum atomic E-state index is 4.24. The van der Waals surface area contributed by atoms with Crippen LogP contribution < -0.4 is 5.32 Å². The monoisotopic (exact) mass is 279 g/mol. The Morgan fingerprint density at radius 2 is 1.90 bits per heavy atom. The van der Waals surface area contributed by atoms with Crippen molar-refractivity contribution in [2.75, 3.05) is 39.8 Å². The lowest BCUT2D eigenvalue weighted by molar-refractivity contribution is 0.0603. The zero-order valence-electron chi connectivity index (χ0n) is 13.6. The number of hydrogen-bond acceptors (Lipinski definition) is 4. The van der Waals surface area contributed by atoms with Gasteiger partial charge < -0.3 is 10.2 Å². The van der Waals surface area contributed by atoms with Crippen LogP contribution >= 0.6 is 0 Å². The van der Waals surface area contributed by atoms with E-state index in [4.69, 9.17) is 0 Å². The molecule has 1 saturated heterocycles. The first-order valence-electron chi connectivity index (χ1n) is 7.55. The second-order valence-corrected chi connectivity index (χ2v) is 6.59. The average Bonchev–Trinajstić information content (AvgIpc) is 2.83. The third-order valence-electron chi connectivity index (χ3n) is 4.50. The second kappa shape index (κ2) is 6.24. The standard InChI is InChI=1S/C15H29N5/c1-13(14-6-7-17-19(14)5)16-12-15(2,3)20-10-8-18(4)9-11-20/h6-7,13,16H,8-12H2,1-5H3. The molecule has 0 aromatic carbocycles. The van der Waals surface area contributed by atoms with Crippen molar-refractivity contribution in [2.24, 2.45) is 7.05 Å². The molecule has 1 fully saturated rings. The second-order valence-electron chi connectivity index (χ2n) is 6.59. The normalized spacial score (nSPS) is 20.2. The van der Waals surface area contributed by atoms with Gasteiger partial charge in [0, 0.05) is 57.5 Å². The maximum absolute atomic E-state index is 4.24. The van der Waals surface area contributed by atoms with Gasteiger partial charge in [-0.1, -0.05) is 0 Å². The van der Waals surface area contributed by atoms with Gasteiger partial charge in [-0.15, -0.1) is 0 Å². The molecule has 1 aliphatic rings. The molecule has 5 heteroatoms. The zero-order chi connectivity index (χ0) is 14.8. The summed E-state index contributed by atoms with van der Waals surface area (Å²) in [7, 11) is 4.20. The van der Waals surface area contributed by atoms with Gasteiger partial charge in [0.2, 0.25) is 0 Å². The Balaban J connectivity index is 1.87. The summed E-state index contributed by atoms with van der Waals surface area (Å²) in [6.07, 6.45) is 1.86. The van der Waals surface area contributed by atoms with Gasteiger partial charge in [0.1, 0.15) is 0 Å². The van der Waals surface area contributed by atoms with Crippen molar-refractivity contribution >= 4 is 0 Å². The van der Waals surface area contributed by atoms with Gasteiger partial charge in [-0.3, -0.25) is 9.58 Å². The summed E-state index contributed by atoms with van der Waals surface area (Å²) in [6.45, 7) is 12.5. The van der Waals surface area contributed by atoms with Crippen LogP contribution in [0.4, 0.5) is 0 Å². The molecule has 0 saturated carbocycles. The van der Waals surface area contributed by atoms with E-state index in [1.807, 2.05) is 17.9 Å². The topological polar surface area (TPSA) is 36.3 Å². The third kappa shape index (κ3) is 3.59. The molecular weight excluding hydrogens is 250 g/mol. The van der Waals surface area contributed by atoms with Crippen molar-refractivity contribution in [3.05, 3.63) is 18.0 Å². The number of piperazine rings is 1. The number of likely N-dealkylation sites (N-methyl/N-ethyl adjacent to an activating group) is 1. The van der Waals surface area contributed by atoms with Crippen LogP contribution in [0.1, 0.15) is 32.5 Å². The fraction of sp³-hybridized carbons (Fsp3) is 0.800. The Morgan fingerprint density at radius 1 is 1.25 bits per heavy atom. The Labute approximate surface area is 122 Å². The molecule has 2 rings (SSSR count). The van der Waals surface area contributed by atoms with Crippen LogP contribution in [0, 0.1) is 0 Å². The quantitative estimate of drug-likeness (QED) is 0.875. The molecule has 0 bridgehead atoms. The van der Waals surface area contributed by atoms with Crippen LogP contribution in [-0.2, 0) is 7.05 Å². The highest BCUT2D eigenvalue weighted by atomic mass is 15.3. The molecule has 114 valence electrons. The maximum Gasteiger partial charge on any atom is 0.0547 e. The highest BCUT2D eigenvalue weighted by molar-refractivity contribution is 5.05. The summed E-state index contributed by atoms with van der Waals surface area (Å²) >= 11 is 0. The zero-order valence-corrected chi connectivity index (χ0v) is 13.6. The summed E-state index contributed by atoms with van der Waals surface area (Å²) < 4.78 is 1.94. The van der Waals surface area contributed by atoms with Crippen molar-refractivity contribution in [1.29, 1.82) is 0 Å². The molecule has 1 N–H and O–H groups in total. The molecule has 1 aliphatic heterocycles. The Kier molecular flexibility index (Phi) is 4.83. The van der Waals surface area contributed by atoms with E-state index < -0.39 is 0 Å². The largest absolute Gasteiger partial charge is 0.307 e. The van der Waals surface area contributed by atoms with Crippen LogP contribution in [-0.4, -0.2) is 64.9 Å². The number of nitrogens with one attached hydrogen (secondary N) is 1. The highest BCUT2D eigenvalue weighted by Gasteiger charge is 2.29. The first-order valence-corrected chi connectivity index (χ1v) is 7.55. The van der Waals surface area contributed by atoms with E-state index in [-0.39, 0.29) is 5.54 Å². The lowest BCUT2D eigenvalue weighted by atomic mass is 10.0. The van der Waals surface area contributed by atoms with Crippen LogP contribution in [0.15, 0.2) is 12.3 Å². The van der Waals surface area contributed by atoms with Gasteiger partial charge >= 0.3 is 0 Å². The smallest absolute Gasteiger partial charge is 0.0547 e. The predicted octanol–water partition coefficient (Wildman–Crippen LogP) is 1.10. The Morgan fingerprint density at radius 3 is 2.45 bits per heavy atom. The predicted molar refractivity (Wildman–Crippen MR) is 82.8 cm³/mol. The van der Waals surface area contributed by atoms with E-state index in [0.717, 1.165) is 19.6 Å². The number of aryl methyl sites for hydroxylation is 1. The molecule has 0 radical (unpaired) electrons. The molecule has 2 heterocycles. The van der Waals surface area contributed by atoms with E-state index >= 15 is 0 Å². The third-order valence-corrected chi connectivity index (χ3v) is 4.50. The first kappa shape index (κ1) is 15.5. The van der Waals surface area contributed by atoms with Crippen LogP contribution in [0.25, 0.3) is 0 Å². The van der Waals surface area contributed by atoms with Crippen molar-refractivity contribution in [2.45, 2.75) is 32.4 Å². The van der Waals surface area contributed by atoms with E-state index in [9.17, 15) is 0 Å². The van der Waals surface area contributed by atoms with Crippen molar-refractivity contribution < 1.29 is 0 Å². The van der Waals surface area contributed by atoms with E-state index in [0.29, 0.717) is 6.04 Å². The Hall–Kier alpha value is -0.910. The molecule has 0 aliphatic carbocycles. The van der Waals surface area contributed by atoms with Crippen LogP contribution in [0.2, 0.25) is 0 Å². The van der Waals surface area contributed by atoms with Gasteiger partial charge in [-0.25, -0.2) is 0 Å². The summed E-state index contributed by atoms with van der Waals surface area (Å²) in [5.41, 5.74) is 1.42. The Bertz CT molecular complexity index is 418. The van der Waals surface area contributed by atoms with Crippen molar-refractivity contribution in [1.82, 2.24) is 24.9 Å². The minimum Gasteiger partial charge on any atom is -0.307 e. The number of aromatic nitrogens is 2. The van der Waals surface area contributed by atoms with Gasteiger partial charge in [0.05, 0.1) is 5.69 Å². The van der Waals surface area contributed by atoms with Gasteiger partial charge in [0.15, 0.2) is 0 Å². The van der Waals surface area contributed by atoms with E-state index in [2.05, 4.69) is 54.1 Å². The molecule has 0 spiro atoms. The van der Waals surface area contributed by atoms with Crippen LogP contribution in [0.3, 0.4) is 0 Å². The van der Waals surface area contributed by atoms with Gasteiger partial charge in [-0.2, -0.15) is 5.10 Å². The summed E-state index contributed by atoms with van der Waals surface area (Å²) in [6, 6.07) is 2.41. The van der Waals surface area contributed by atoms with Crippen molar-refractivity contribution in [3.63, 3.8) is 0 Å². The summed E-state index contributed by atoms with van der Waals surface area (Å²) in [5.74, 6) is 0. The molecule has 5 nitrogen and oxygen atoms in total. The molecule has 1 unspecified atom stereocenters. The summed E-state index contributed by atoms with van der Waals surface area (Å²) in [5, 5.41) is 7.90. The van der Waals surface area contributed by atoms with Gasteiger partial charge in [-0.05, 0) is 33.9 Å². The van der Waals surface area contributed by atoms with Crippen LogP contribution in [0.5, 0.6) is 0 Å². The molecule has 1 aromatic heterocycles. The first-order chi connectivity index (χ1) is 9.40. The lowest BCUT2D eigenvalue weighted by Gasteiger charge is -2.43. The number of hydrogen-bond donors (Lipinski definition) is 1. The summed E-state index contributed by atoms with van der Waals surface area (Å²) in [4.78, 5) is 4.99. The number of rotatable bonds is 5. The fourth-order valence-corrected chi connectivity index (χ4v) is 2.84. The van der Waals surface area contributed by atoms with Gasteiger partial charge in [0.25, 0.3) is 0 Å². The van der Waals surface area contributed by atoms with E-state index in [1.54, 1.807) is 0 Å². The molecule has 1 atom stereocenters. The lowest BCUT2D eigenvalue weighted by Crippen LogP contribution is -2.57. The van der Waals surface area contributed by atoms with E-state index in [1.165, 1.54) is 18.8 Å². The highest BCUT2D eigenvalue weighted by Crippen LogP contribution is 2.18. The molecule has 20 heavy (non-hydrogen) atoms. The SMILES string of the molecule is CC(NCC(C)(C)N1CCN(C)CC1)c1ccnn1C. The average molecular weight is 279 g/mol. The molecule has 1 aromatic rings. The number of nitrogens with zero attached hydrogens (tertiary/aromatic N) is 4. The van der Waals surface area contributed by atoms with Crippen molar-refractivity contribution in [3.8, 4) is 0 Å². The minimum absolute atomic E-state index is 0.189. The fourth-order valence-electron chi connectivity index (χ4n) is 2.84.